The van der Waals surface area contributed by atoms with Crippen molar-refractivity contribution in [3.63, 3.8) is 0 Å². The second-order valence-electron chi connectivity index (χ2n) is 3.59. The SMILES string of the molecule is Fc1cc(F)c(CC2CNC2)cc1F. The maximum atomic E-state index is 13.1. The summed E-state index contributed by atoms with van der Waals surface area (Å²) < 4.78 is 38.5. The Morgan fingerprint density at radius 2 is 1.71 bits per heavy atom. The monoisotopic (exact) mass is 201 g/mol. The molecule has 2 rings (SSSR count). The average molecular weight is 201 g/mol. The second-order valence-corrected chi connectivity index (χ2v) is 3.59. The van der Waals surface area contributed by atoms with Gasteiger partial charge in [-0.3, -0.25) is 0 Å². The zero-order chi connectivity index (χ0) is 10.1. The summed E-state index contributed by atoms with van der Waals surface area (Å²) >= 11 is 0. The van der Waals surface area contributed by atoms with E-state index in [1.807, 2.05) is 0 Å². The van der Waals surface area contributed by atoms with Crippen molar-refractivity contribution >= 4 is 0 Å². The van der Waals surface area contributed by atoms with Crippen LogP contribution in [0.4, 0.5) is 13.2 Å². The van der Waals surface area contributed by atoms with Crippen LogP contribution in [0.3, 0.4) is 0 Å². The Balaban J connectivity index is 2.19. The van der Waals surface area contributed by atoms with Crippen LogP contribution in [0.25, 0.3) is 0 Å². The number of halogens is 3. The van der Waals surface area contributed by atoms with E-state index >= 15 is 0 Å². The number of benzene rings is 1. The molecule has 1 nitrogen and oxygen atoms in total. The topological polar surface area (TPSA) is 12.0 Å². The van der Waals surface area contributed by atoms with Crippen molar-refractivity contribution < 1.29 is 13.2 Å². The van der Waals surface area contributed by atoms with Gasteiger partial charge in [-0.15, -0.1) is 0 Å². The normalized spacial score (nSPS) is 16.8. The van der Waals surface area contributed by atoms with E-state index in [1.54, 1.807) is 0 Å². The number of hydrogen-bond donors (Lipinski definition) is 1. The van der Waals surface area contributed by atoms with Crippen LogP contribution < -0.4 is 5.32 Å². The fourth-order valence-electron chi connectivity index (χ4n) is 1.52. The first-order chi connectivity index (χ1) is 6.66. The predicted octanol–water partition coefficient (Wildman–Crippen LogP) is 1.87. The van der Waals surface area contributed by atoms with Crippen molar-refractivity contribution in [3.05, 3.63) is 35.1 Å². The average Bonchev–Trinajstić information content (AvgIpc) is 2.06. The first-order valence-electron chi connectivity index (χ1n) is 4.51. The maximum Gasteiger partial charge on any atom is 0.161 e. The van der Waals surface area contributed by atoms with Crippen LogP contribution >= 0.6 is 0 Å². The highest BCUT2D eigenvalue weighted by Gasteiger charge is 2.19. The van der Waals surface area contributed by atoms with Gasteiger partial charge in [0, 0.05) is 6.07 Å². The van der Waals surface area contributed by atoms with E-state index in [-0.39, 0.29) is 5.56 Å². The molecule has 0 saturated carbocycles. The molecule has 1 N–H and O–H groups in total. The van der Waals surface area contributed by atoms with Gasteiger partial charge in [0.15, 0.2) is 11.6 Å². The van der Waals surface area contributed by atoms with Crippen LogP contribution in [0, 0.1) is 23.4 Å². The molecule has 14 heavy (non-hydrogen) atoms. The third-order valence-electron chi connectivity index (χ3n) is 2.46. The standard InChI is InChI=1S/C10H10F3N/c11-8-3-10(13)9(12)2-7(8)1-6-4-14-5-6/h2-3,6,14H,1,4-5H2. The summed E-state index contributed by atoms with van der Waals surface area (Å²) in [7, 11) is 0. The molecule has 0 unspecified atom stereocenters. The van der Waals surface area contributed by atoms with E-state index in [9.17, 15) is 13.2 Å². The smallest absolute Gasteiger partial charge is 0.161 e. The van der Waals surface area contributed by atoms with E-state index < -0.39 is 17.5 Å². The fourth-order valence-corrected chi connectivity index (χ4v) is 1.52. The first kappa shape index (κ1) is 9.52. The summed E-state index contributed by atoms with van der Waals surface area (Å²) in [5.41, 5.74) is 0.260. The van der Waals surface area contributed by atoms with Crippen molar-refractivity contribution in [2.24, 2.45) is 5.92 Å². The Morgan fingerprint density at radius 3 is 2.29 bits per heavy atom. The molecule has 76 valence electrons. The van der Waals surface area contributed by atoms with E-state index in [0.717, 1.165) is 19.2 Å². The highest BCUT2D eigenvalue weighted by Crippen LogP contribution is 2.18. The van der Waals surface area contributed by atoms with E-state index in [0.29, 0.717) is 18.4 Å². The lowest BCUT2D eigenvalue weighted by molar-refractivity contribution is 0.341. The zero-order valence-corrected chi connectivity index (χ0v) is 7.49. The van der Waals surface area contributed by atoms with E-state index in [4.69, 9.17) is 0 Å². The van der Waals surface area contributed by atoms with E-state index in [1.165, 1.54) is 0 Å². The summed E-state index contributed by atoms with van der Waals surface area (Å²) in [4.78, 5) is 0. The summed E-state index contributed by atoms with van der Waals surface area (Å²) in [5.74, 6) is -2.42. The largest absolute Gasteiger partial charge is 0.316 e. The Hall–Kier alpha value is -1.03. The lowest BCUT2D eigenvalue weighted by Crippen LogP contribution is -2.43. The molecule has 0 atom stereocenters. The summed E-state index contributed by atoms with van der Waals surface area (Å²) in [6, 6.07) is 1.56. The van der Waals surface area contributed by atoms with Crippen molar-refractivity contribution in [1.29, 1.82) is 0 Å². The molecule has 0 aliphatic carbocycles. The van der Waals surface area contributed by atoms with Gasteiger partial charge < -0.3 is 5.32 Å². The van der Waals surface area contributed by atoms with Crippen LogP contribution in [0.5, 0.6) is 0 Å². The fraction of sp³-hybridized carbons (Fsp3) is 0.400. The van der Waals surface area contributed by atoms with Gasteiger partial charge in [-0.1, -0.05) is 0 Å². The Kier molecular flexibility index (Phi) is 2.46. The van der Waals surface area contributed by atoms with Crippen LogP contribution in [-0.4, -0.2) is 13.1 Å². The van der Waals surface area contributed by atoms with Crippen molar-refractivity contribution in [1.82, 2.24) is 5.32 Å². The minimum absolute atomic E-state index is 0.260. The van der Waals surface area contributed by atoms with Crippen LogP contribution in [0.2, 0.25) is 0 Å². The Morgan fingerprint density at radius 1 is 1.07 bits per heavy atom. The van der Waals surface area contributed by atoms with Gasteiger partial charge in [0.05, 0.1) is 0 Å². The van der Waals surface area contributed by atoms with Gasteiger partial charge in [-0.25, -0.2) is 13.2 Å². The molecule has 0 radical (unpaired) electrons. The first-order valence-corrected chi connectivity index (χ1v) is 4.51. The third-order valence-corrected chi connectivity index (χ3v) is 2.46. The maximum absolute atomic E-state index is 13.1. The number of rotatable bonds is 2. The quantitative estimate of drug-likeness (QED) is 0.720. The van der Waals surface area contributed by atoms with Gasteiger partial charge >= 0.3 is 0 Å². The van der Waals surface area contributed by atoms with Crippen LogP contribution in [0.1, 0.15) is 5.56 Å². The minimum Gasteiger partial charge on any atom is -0.316 e. The van der Waals surface area contributed by atoms with Crippen LogP contribution in [-0.2, 0) is 6.42 Å². The van der Waals surface area contributed by atoms with Crippen LogP contribution in [0.15, 0.2) is 12.1 Å². The Bertz CT molecular complexity index is 347. The third kappa shape index (κ3) is 1.75. The molecule has 1 aromatic rings. The molecule has 0 aromatic heterocycles. The number of hydrogen-bond acceptors (Lipinski definition) is 1. The molecular formula is C10H10F3N. The summed E-state index contributed by atoms with van der Waals surface area (Å²) in [6.45, 7) is 1.64. The van der Waals surface area contributed by atoms with Gasteiger partial charge in [-0.2, -0.15) is 0 Å². The molecule has 1 heterocycles. The van der Waals surface area contributed by atoms with Gasteiger partial charge in [0.25, 0.3) is 0 Å². The van der Waals surface area contributed by atoms with Gasteiger partial charge in [0.1, 0.15) is 5.82 Å². The molecule has 0 bridgehead atoms. The molecule has 0 spiro atoms. The molecule has 1 fully saturated rings. The Labute approximate surface area is 79.9 Å². The predicted molar refractivity (Wildman–Crippen MR) is 46.4 cm³/mol. The van der Waals surface area contributed by atoms with Crippen molar-refractivity contribution in [2.45, 2.75) is 6.42 Å². The van der Waals surface area contributed by atoms with Crippen molar-refractivity contribution in [3.8, 4) is 0 Å². The summed E-state index contributed by atoms with van der Waals surface area (Å²) in [5, 5.41) is 3.04. The lowest BCUT2D eigenvalue weighted by atomic mass is 9.94. The molecule has 1 aromatic carbocycles. The lowest BCUT2D eigenvalue weighted by Gasteiger charge is -2.27. The molecular weight excluding hydrogens is 191 g/mol. The van der Waals surface area contributed by atoms with E-state index in [2.05, 4.69) is 5.32 Å². The molecule has 4 heteroatoms. The summed E-state index contributed by atoms with van der Waals surface area (Å²) in [6.07, 6.45) is 0.468. The number of nitrogens with one attached hydrogen (secondary N) is 1. The second kappa shape index (κ2) is 3.61. The molecule has 1 aliphatic rings. The molecule has 0 amide bonds. The highest BCUT2D eigenvalue weighted by molar-refractivity contribution is 5.21. The molecule has 1 saturated heterocycles. The zero-order valence-electron chi connectivity index (χ0n) is 7.49. The minimum atomic E-state index is -1.13. The van der Waals surface area contributed by atoms with Crippen molar-refractivity contribution in [2.75, 3.05) is 13.1 Å². The van der Waals surface area contributed by atoms with Gasteiger partial charge in [0.2, 0.25) is 0 Å². The highest BCUT2D eigenvalue weighted by atomic mass is 19.2. The molecule has 1 aliphatic heterocycles. The van der Waals surface area contributed by atoms with Gasteiger partial charge in [-0.05, 0) is 37.1 Å².